The number of nitrogens with one attached hydrogen (secondary N) is 1. The lowest BCUT2D eigenvalue weighted by atomic mass is 10.2. The summed E-state index contributed by atoms with van der Waals surface area (Å²) in [5.74, 6) is -0.452. The fraction of sp³-hybridized carbons (Fsp3) is 0. The van der Waals surface area contributed by atoms with Crippen LogP contribution in [0.2, 0.25) is 15.1 Å². The van der Waals surface area contributed by atoms with Crippen LogP contribution in [0.3, 0.4) is 0 Å². The van der Waals surface area contributed by atoms with Crippen LogP contribution in [0.25, 0.3) is 6.08 Å². The number of hydrogen-bond acceptors (Lipinski definition) is 3. The first-order valence-corrected chi connectivity index (χ1v) is 6.32. The van der Waals surface area contributed by atoms with Gasteiger partial charge in [-0.05, 0) is 35.5 Å². The normalized spacial score (nSPS) is 17.7. The van der Waals surface area contributed by atoms with Gasteiger partial charge >= 0.3 is 0 Å². The van der Waals surface area contributed by atoms with Crippen LogP contribution in [-0.4, -0.2) is 11.1 Å². The SMILES string of the molecule is O=C1NC(=O)/C(=C/c2cc(Cl)cc(Cl)c2Cl)S1. The molecule has 17 heavy (non-hydrogen) atoms. The Kier molecular flexibility index (Phi) is 3.68. The minimum atomic E-state index is -0.452. The summed E-state index contributed by atoms with van der Waals surface area (Å²) in [5.41, 5.74) is 0.497. The Balaban J connectivity index is 2.46. The van der Waals surface area contributed by atoms with Gasteiger partial charge in [0.1, 0.15) is 0 Å². The van der Waals surface area contributed by atoms with E-state index in [9.17, 15) is 9.59 Å². The summed E-state index contributed by atoms with van der Waals surface area (Å²) in [6, 6.07) is 3.07. The highest BCUT2D eigenvalue weighted by atomic mass is 35.5. The first-order chi connectivity index (χ1) is 7.97. The van der Waals surface area contributed by atoms with Gasteiger partial charge in [-0.1, -0.05) is 34.8 Å². The number of rotatable bonds is 1. The van der Waals surface area contributed by atoms with E-state index in [0.717, 1.165) is 11.8 Å². The minimum absolute atomic E-state index is 0.259. The molecule has 0 aliphatic carbocycles. The average molecular weight is 309 g/mol. The molecule has 2 rings (SSSR count). The van der Waals surface area contributed by atoms with E-state index in [0.29, 0.717) is 15.6 Å². The molecule has 0 atom stereocenters. The van der Waals surface area contributed by atoms with Gasteiger partial charge in [0.15, 0.2) is 0 Å². The maximum absolute atomic E-state index is 11.3. The zero-order chi connectivity index (χ0) is 12.6. The zero-order valence-electron chi connectivity index (χ0n) is 8.09. The van der Waals surface area contributed by atoms with Crippen molar-refractivity contribution in [2.45, 2.75) is 0 Å². The van der Waals surface area contributed by atoms with Crippen molar-refractivity contribution in [2.75, 3.05) is 0 Å². The molecule has 88 valence electrons. The molecule has 1 aliphatic heterocycles. The van der Waals surface area contributed by atoms with E-state index in [1.54, 1.807) is 6.07 Å². The van der Waals surface area contributed by atoms with Gasteiger partial charge in [0.2, 0.25) is 0 Å². The Labute approximate surface area is 116 Å². The fourth-order valence-electron chi connectivity index (χ4n) is 1.24. The van der Waals surface area contributed by atoms with Crippen molar-refractivity contribution in [3.63, 3.8) is 0 Å². The molecule has 0 spiro atoms. The van der Waals surface area contributed by atoms with Crippen LogP contribution in [0.4, 0.5) is 4.79 Å². The Morgan fingerprint density at radius 2 is 1.88 bits per heavy atom. The monoisotopic (exact) mass is 307 g/mol. The Hall–Kier alpha value is -0.680. The largest absolute Gasteiger partial charge is 0.290 e. The summed E-state index contributed by atoms with van der Waals surface area (Å²) in [4.78, 5) is 22.6. The first kappa shape index (κ1) is 12.8. The number of imide groups is 1. The van der Waals surface area contributed by atoms with Crippen LogP contribution < -0.4 is 5.32 Å². The lowest BCUT2D eigenvalue weighted by molar-refractivity contribution is -0.115. The predicted molar refractivity (Wildman–Crippen MR) is 70.6 cm³/mol. The Morgan fingerprint density at radius 3 is 2.47 bits per heavy atom. The quantitative estimate of drug-likeness (QED) is 0.631. The minimum Gasteiger partial charge on any atom is -0.282 e. The van der Waals surface area contributed by atoms with Gasteiger partial charge in [-0.25, -0.2) is 0 Å². The number of amides is 2. The van der Waals surface area contributed by atoms with E-state index < -0.39 is 11.1 Å². The van der Waals surface area contributed by atoms with Crippen LogP contribution in [0.15, 0.2) is 17.0 Å². The lowest BCUT2D eigenvalue weighted by Gasteiger charge is -2.02. The van der Waals surface area contributed by atoms with Gasteiger partial charge in [0.05, 0.1) is 15.0 Å². The van der Waals surface area contributed by atoms with E-state index in [2.05, 4.69) is 5.32 Å². The van der Waals surface area contributed by atoms with Gasteiger partial charge < -0.3 is 0 Å². The molecule has 1 fully saturated rings. The molecule has 2 amide bonds. The molecule has 1 aliphatic rings. The molecule has 1 aromatic rings. The molecule has 0 unspecified atom stereocenters. The molecule has 3 nitrogen and oxygen atoms in total. The number of benzene rings is 1. The molecule has 1 N–H and O–H groups in total. The smallest absolute Gasteiger partial charge is 0.282 e. The molecule has 1 saturated heterocycles. The first-order valence-electron chi connectivity index (χ1n) is 4.37. The third kappa shape index (κ3) is 2.77. The summed E-state index contributed by atoms with van der Waals surface area (Å²) in [5, 5.41) is 2.72. The molecule has 0 saturated carbocycles. The topological polar surface area (TPSA) is 46.2 Å². The molecule has 0 bridgehead atoms. The second kappa shape index (κ2) is 4.90. The van der Waals surface area contributed by atoms with E-state index in [1.807, 2.05) is 0 Å². The average Bonchev–Trinajstić information content (AvgIpc) is 2.53. The van der Waals surface area contributed by atoms with Crippen molar-refractivity contribution < 1.29 is 9.59 Å². The summed E-state index contributed by atoms with van der Waals surface area (Å²) in [6.07, 6.45) is 1.48. The molecule has 7 heteroatoms. The number of carbonyl (C=O) groups excluding carboxylic acids is 2. The van der Waals surface area contributed by atoms with Crippen molar-refractivity contribution in [3.8, 4) is 0 Å². The van der Waals surface area contributed by atoms with E-state index in [-0.39, 0.29) is 9.93 Å². The van der Waals surface area contributed by atoms with Crippen molar-refractivity contribution in [1.82, 2.24) is 5.32 Å². The highest BCUT2D eigenvalue weighted by Gasteiger charge is 2.25. The van der Waals surface area contributed by atoms with Crippen LogP contribution >= 0.6 is 46.6 Å². The number of halogens is 3. The molecule has 0 aromatic heterocycles. The van der Waals surface area contributed by atoms with Crippen LogP contribution in [0, 0.1) is 0 Å². The maximum Gasteiger partial charge on any atom is 0.290 e. The van der Waals surface area contributed by atoms with Crippen LogP contribution in [0.5, 0.6) is 0 Å². The Morgan fingerprint density at radius 1 is 1.18 bits per heavy atom. The number of hydrogen-bond donors (Lipinski definition) is 1. The molecule has 0 radical (unpaired) electrons. The summed E-state index contributed by atoms with van der Waals surface area (Å²) in [6.45, 7) is 0. The third-order valence-electron chi connectivity index (χ3n) is 1.95. The van der Waals surface area contributed by atoms with Crippen LogP contribution in [-0.2, 0) is 4.79 Å². The van der Waals surface area contributed by atoms with E-state index in [4.69, 9.17) is 34.8 Å². The standard InChI is InChI=1S/C10H4Cl3NO2S/c11-5-1-4(8(13)6(12)3-5)2-7-9(15)14-10(16)17-7/h1-3H,(H,14,15,16)/b7-2-. The van der Waals surface area contributed by atoms with E-state index >= 15 is 0 Å². The molecule has 1 heterocycles. The van der Waals surface area contributed by atoms with Gasteiger partial charge in [-0.15, -0.1) is 0 Å². The van der Waals surface area contributed by atoms with Gasteiger partial charge in [0.25, 0.3) is 11.1 Å². The second-order valence-electron chi connectivity index (χ2n) is 3.14. The van der Waals surface area contributed by atoms with Crippen molar-refractivity contribution in [1.29, 1.82) is 0 Å². The highest BCUT2D eigenvalue weighted by Crippen LogP contribution is 2.33. The summed E-state index contributed by atoms with van der Waals surface area (Å²) in [7, 11) is 0. The van der Waals surface area contributed by atoms with Gasteiger partial charge in [0, 0.05) is 5.02 Å². The molecular weight excluding hydrogens is 305 g/mol. The third-order valence-corrected chi connectivity index (χ3v) is 3.80. The zero-order valence-corrected chi connectivity index (χ0v) is 11.2. The van der Waals surface area contributed by atoms with Gasteiger partial charge in [-0.3, -0.25) is 14.9 Å². The second-order valence-corrected chi connectivity index (χ2v) is 5.38. The van der Waals surface area contributed by atoms with Crippen molar-refractivity contribution in [3.05, 3.63) is 37.7 Å². The van der Waals surface area contributed by atoms with Crippen molar-refractivity contribution in [2.24, 2.45) is 0 Å². The number of carbonyl (C=O) groups is 2. The predicted octanol–water partition coefficient (Wildman–Crippen LogP) is 3.97. The number of thioether (sulfide) groups is 1. The van der Waals surface area contributed by atoms with Crippen LogP contribution in [0.1, 0.15) is 5.56 Å². The Bertz CT molecular complexity index is 557. The van der Waals surface area contributed by atoms with E-state index in [1.165, 1.54) is 12.1 Å². The van der Waals surface area contributed by atoms with Gasteiger partial charge in [-0.2, -0.15) is 0 Å². The van der Waals surface area contributed by atoms with Crippen molar-refractivity contribution >= 4 is 63.8 Å². The molecular formula is C10H4Cl3NO2S. The highest BCUT2D eigenvalue weighted by molar-refractivity contribution is 8.18. The summed E-state index contributed by atoms with van der Waals surface area (Å²) < 4.78 is 0. The maximum atomic E-state index is 11.3. The summed E-state index contributed by atoms with van der Waals surface area (Å²) >= 11 is 18.4. The molecule has 1 aromatic carbocycles. The fourth-order valence-corrected chi connectivity index (χ4v) is 2.59. The lowest BCUT2D eigenvalue weighted by Crippen LogP contribution is -2.17.